The molecule has 0 saturated carbocycles. The highest BCUT2D eigenvalue weighted by molar-refractivity contribution is 7.99. The summed E-state index contributed by atoms with van der Waals surface area (Å²) in [5.74, 6) is 2.62. The summed E-state index contributed by atoms with van der Waals surface area (Å²) in [5.41, 5.74) is 4.83. The Morgan fingerprint density at radius 1 is 0.970 bits per heavy atom. The number of carbonyl (C=O) groups excluding carboxylic acids is 1. The van der Waals surface area contributed by atoms with Gasteiger partial charge >= 0.3 is 0 Å². The molecule has 0 amide bonds. The fourth-order valence-corrected chi connectivity index (χ4v) is 4.63. The normalized spacial score (nSPS) is 12.2. The summed E-state index contributed by atoms with van der Waals surface area (Å²) in [7, 11) is 0. The van der Waals surface area contributed by atoms with Gasteiger partial charge in [0.1, 0.15) is 0 Å². The number of hydrogen-bond acceptors (Lipinski definition) is 6. The quantitative estimate of drug-likeness (QED) is 0.277. The van der Waals surface area contributed by atoms with E-state index in [1.54, 1.807) is 0 Å². The van der Waals surface area contributed by atoms with Crippen molar-refractivity contribution in [1.29, 1.82) is 0 Å². The molecule has 0 unspecified atom stereocenters. The average molecular weight is 458 g/mol. The SMILES string of the molecule is Cc1ccc(C)c(C(=O)CSc2nnc(-c3ccccc3)n2Cc2ccc3c(c2)OCO3)c1. The van der Waals surface area contributed by atoms with Crippen molar-refractivity contribution in [2.45, 2.75) is 25.5 Å². The van der Waals surface area contributed by atoms with Gasteiger partial charge in [-0.2, -0.15) is 0 Å². The molecule has 0 saturated heterocycles. The lowest BCUT2D eigenvalue weighted by Gasteiger charge is -2.11. The molecule has 0 radical (unpaired) electrons. The smallest absolute Gasteiger partial charge is 0.231 e. The zero-order valence-corrected chi connectivity index (χ0v) is 19.3. The molecule has 33 heavy (non-hydrogen) atoms. The number of fused-ring (bicyclic) bond motifs is 1. The Bertz CT molecular complexity index is 1320. The molecule has 0 atom stereocenters. The van der Waals surface area contributed by atoms with Crippen LogP contribution in [0.5, 0.6) is 11.5 Å². The van der Waals surface area contributed by atoms with Crippen LogP contribution in [0.2, 0.25) is 0 Å². The molecule has 7 heteroatoms. The number of hydrogen-bond donors (Lipinski definition) is 0. The Labute approximate surface area is 196 Å². The van der Waals surface area contributed by atoms with Crippen LogP contribution in [0.4, 0.5) is 0 Å². The average Bonchev–Trinajstić information content (AvgIpc) is 3.46. The zero-order valence-electron chi connectivity index (χ0n) is 18.4. The maximum Gasteiger partial charge on any atom is 0.231 e. The number of carbonyl (C=O) groups is 1. The van der Waals surface area contributed by atoms with E-state index in [0.717, 1.165) is 45.1 Å². The topological polar surface area (TPSA) is 66.2 Å². The molecule has 2 heterocycles. The van der Waals surface area contributed by atoms with Gasteiger partial charge < -0.3 is 9.47 Å². The summed E-state index contributed by atoms with van der Waals surface area (Å²) >= 11 is 1.41. The van der Waals surface area contributed by atoms with Crippen LogP contribution in [-0.4, -0.2) is 33.1 Å². The maximum absolute atomic E-state index is 13.0. The number of Topliss-reactive ketones (excluding diaryl/α,β-unsaturated/α-hetero) is 1. The number of ketones is 1. The van der Waals surface area contributed by atoms with Crippen LogP contribution in [0, 0.1) is 13.8 Å². The zero-order chi connectivity index (χ0) is 22.8. The molecule has 166 valence electrons. The van der Waals surface area contributed by atoms with Gasteiger partial charge in [-0.15, -0.1) is 10.2 Å². The van der Waals surface area contributed by atoms with Crippen molar-refractivity contribution in [2.24, 2.45) is 0 Å². The van der Waals surface area contributed by atoms with E-state index in [4.69, 9.17) is 9.47 Å². The third-order valence-corrected chi connectivity index (χ3v) is 6.52. The highest BCUT2D eigenvalue weighted by Crippen LogP contribution is 2.34. The van der Waals surface area contributed by atoms with Gasteiger partial charge in [-0.05, 0) is 43.2 Å². The Morgan fingerprint density at radius 3 is 2.64 bits per heavy atom. The molecule has 0 N–H and O–H groups in total. The van der Waals surface area contributed by atoms with Crippen molar-refractivity contribution >= 4 is 17.5 Å². The number of benzene rings is 3. The van der Waals surface area contributed by atoms with Crippen molar-refractivity contribution in [3.63, 3.8) is 0 Å². The molecule has 0 bridgehead atoms. The van der Waals surface area contributed by atoms with E-state index in [-0.39, 0.29) is 12.6 Å². The molecule has 5 rings (SSSR count). The molecule has 1 aliphatic rings. The fourth-order valence-electron chi connectivity index (χ4n) is 3.80. The van der Waals surface area contributed by atoms with Crippen molar-refractivity contribution in [3.05, 3.63) is 89.0 Å². The third kappa shape index (κ3) is 4.50. The lowest BCUT2D eigenvalue weighted by Crippen LogP contribution is -2.08. The number of rotatable bonds is 7. The summed E-state index contributed by atoms with van der Waals surface area (Å²) in [6.07, 6.45) is 0. The largest absolute Gasteiger partial charge is 0.454 e. The molecule has 1 aromatic heterocycles. The van der Waals surface area contributed by atoms with Crippen LogP contribution >= 0.6 is 11.8 Å². The second-order valence-corrected chi connectivity index (χ2v) is 8.92. The summed E-state index contributed by atoms with van der Waals surface area (Å²) in [5, 5.41) is 9.60. The van der Waals surface area contributed by atoms with Crippen molar-refractivity contribution in [2.75, 3.05) is 12.5 Å². The second kappa shape index (κ2) is 9.11. The van der Waals surface area contributed by atoms with E-state index < -0.39 is 0 Å². The van der Waals surface area contributed by atoms with Crippen LogP contribution in [0.25, 0.3) is 11.4 Å². The lowest BCUT2D eigenvalue weighted by atomic mass is 10.0. The monoisotopic (exact) mass is 457 g/mol. The number of aryl methyl sites for hydroxylation is 2. The van der Waals surface area contributed by atoms with E-state index in [9.17, 15) is 4.79 Å². The number of nitrogens with zero attached hydrogens (tertiary/aromatic N) is 3. The molecular weight excluding hydrogens is 434 g/mol. The molecule has 0 spiro atoms. The van der Waals surface area contributed by atoms with Crippen LogP contribution in [0.15, 0.2) is 71.9 Å². The van der Waals surface area contributed by atoms with Gasteiger partial charge in [-0.3, -0.25) is 9.36 Å². The van der Waals surface area contributed by atoms with Gasteiger partial charge in [-0.1, -0.05) is 65.9 Å². The van der Waals surface area contributed by atoms with Gasteiger partial charge in [0.2, 0.25) is 6.79 Å². The first-order valence-corrected chi connectivity index (χ1v) is 11.7. The Kier molecular flexibility index (Phi) is 5.88. The fraction of sp³-hybridized carbons (Fsp3) is 0.192. The Hall–Kier alpha value is -3.58. The van der Waals surface area contributed by atoms with E-state index in [0.29, 0.717) is 17.5 Å². The lowest BCUT2D eigenvalue weighted by molar-refractivity contribution is 0.102. The van der Waals surface area contributed by atoms with E-state index in [2.05, 4.69) is 10.2 Å². The third-order valence-electron chi connectivity index (χ3n) is 5.55. The maximum atomic E-state index is 13.0. The van der Waals surface area contributed by atoms with E-state index >= 15 is 0 Å². The molecule has 4 aromatic rings. The summed E-state index contributed by atoms with van der Waals surface area (Å²) in [4.78, 5) is 13.0. The first-order valence-electron chi connectivity index (χ1n) is 10.7. The minimum atomic E-state index is 0.0834. The Morgan fingerprint density at radius 2 is 1.79 bits per heavy atom. The number of ether oxygens (including phenoxy) is 2. The number of thioether (sulfide) groups is 1. The highest BCUT2D eigenvalue weighted by atomic mass is 32.2. The summed E-state index contributed by atoms with van der Waals surface area (Å²) in [6, 6.07) is 21.8. The first-order chi connectivity index (χ1) is 16.1. The number of aromatic nitrogens is 3. The van der Waals surface area contributed by atoms with Crippen molar-refractivity contribution in [3.8, 4) is 22.9 Å². The van der Waals surface area contributed by atoms with Gasteiger partial charge in [-0.25, -0.2) is 0 Å². The van der Waals surface area contributed by atoms with Gasteiger partial charge in [0.25, 0.3) is 0 Å². The highest BCUT2D eigenvalue weighted by Gasteiger charge is 2.19. The van der Waals surface area contributed by atoms with E-state index in [1.165, 1.54) is 11.8 Å². The van der Waals surface area contributed by atoms with Gasteiger partial charge in [0.05, 0.1) is 12.3 Å². The van der Waals surface area contributed by atoms with Crippen LogP contribution in [0.3, 0.4) is 0 Å². The molecule has 1 aliphatic heterocycles. The standard InChI is InChI=1S/C26H23N3O3S/c1-17-8-9-18(2)21(12-17)22(30)15-33-26-28-27-25(20-6-4-3-5-7-20)29(26)14-19-10-11-23-24(13-19)32-16-31-23/h3-13H,14-16H2,1-2H3. The molecule has 0 aliphatic carbocycles. The minimum Gasteiger partial charge on any atom is -0.454 e. The van der Waals surface area contributed by atoms with Gasteiger partial charge in [0.15, 0.2) is 28.3 Å². The van der Waals surface area contributed by atoms with Crippen molar-refractivity contribution in [1.82, 2.24) is 14.8 Å². The predicted molar refractivity (Wildman–Crippen MR) is 128 cm³/mol. The van der Waals surface area contributed by atoms with Crippen molar-refractivity contribution < 1.29 is 14.3 Å². The predicted octanol–water partition coefficient (Wildman–Crippen LogP) is 5.31. The minimum absolute atomic E-state index is 0.0834. The molecule has 3 aromatic carbocycles. The second-order valence-electron chi connectivity index (χ2n) is 7.98. The van der Waals surface area contributed by atoms with Gasteiger partial charge in [0, 0.05) is 11.1 Å². The summed E-state index contributed by atoms with van der Waals surface area (Å²) in [6.45, 7) is 4.75. The summed E-state index contributed by atoms with van der Waals surface area (Å²) < 4.78 is 13.0. The molecular formula is C26H23N3O3S. The first kappa shape index (κ1) is 21.3. The molecule has 6 nitrogen and oxygen atoms in total. The Balaban J connectivity index is 1.44. The molecule has 0 fully saturated rings. The van der Waals surface area contributed by atoms with Crippen LogP contribution < -0.4 is 9.47 Å². The van der Waals surface area contributed by atoms with Crippen LogP contribution in [-0.2, 0) is 6.54 Å². The van der Waals surface area contributed by atoms with Crippen LogP contribution in [0.1, 0.15) is 27.0 Å². The van der Waals surface area contributed by atoms with E-state index in [1.807, 2.05) is 85.1 Å².